The molecule has 4 nitrogen and oxygen atoms in total. The molecule has 0 saturated heterocycles. The number of ether oxygens (including phenoxy) is 2. The molecule has 0 spiro atoms. The Balaban J connectivity index is 2.12. The van der Waals surface area contributed by atoms with E-state index < -0.39 is 0 Å². The second kappa shape index (κ2) is 6.19. The van der Waals surface area contributed by atoms with Crippen molar-refractivity contribution in [3.63, 3.8) is 0 Å². The number of hydrogen-bond donors (Lipinski definition) is 2. The highest BCUT2D eigenvalue weighted by atomic mass is 16.5. The van der Waals surface area contributed by atoms with Gasteiger partial charge in [0.2, 0.25) is 0 Å². The molecule has 4 heteroatoms. The first-order valence-electron chi connectivity index (χ1n) is 6.38. The van der Waals surface area contributed by atoms with Gasteiger partial charge in [0.25, 0.3) is 0 Å². The van der Waals surface area contributed by atoms with Crippen molar-refractivity contribution in [3.8, 4) is 17.2 Å². The molecule has 2 rings (SSSR count). The highest BCUT2D eigenvalue weighted by molar-refractivity contribution is 5.54. The monoisotopic (exact) mass is 273 g/mol. The summed E-state index contributed by atoms with van der Waals surface area (Å²) in [6, 6.07) is 11.3. The third kappa shape index (κ3) is 3.15. The second-order valence-corrected chi connectivity index (χ2v) is 4.56. The first-order valence-corrected chi connectivity index (χ1v) is 6.38. The molecule has 2 aromatic carbocycles. The molecule has 0 bridgehead atoms. The van der Waals surface area contributed by atoms with E-state index in [-0.39, 0.29) is 5.75 Å². The molecule has 0 amide bonds. The SMILES string of the molecule is COc1ccc(NCc2cc(C)ccc2OC)cc1O. The number of aromatic hydroxyl groups is 1. The highest BCUT2D eigenvalue weighted by Gasteiger charge is 2.05. The third-order valence-electron chi connectivity index (χ3n) is 3.10. The zero-order chi connectivity index (χ0) is 14.5. The van der Waals surface area contributed by atoms with Crippen molar-refractivity contribution in [2.45, 2.75) is 13.5 Å². The van der Waals surface area contributed by atoms with Gasteiger partial charge in [-0.2, -0.15) is 0 Å². The van der Waals surface area contributed by atoms with E-state index in [4.69, 9.17) is 9.47 Å². The lowest BCUT2D eigenvalue weighted by Gasteiger charge is -2.12. The van der Waals surface area contributed by atoms with Crippen molar-refractivity contribution in [2.75, 3.05) is 19.5 Å². The number of aryl methyl sites for hydroxylation is 1. The van der Waals surface area contributed by atoms with E-state index in [0.29, 0.717) is 12.3 Å². The van der Waals surface area contributed by atoms with Gasteiger partial charge >= 0.3 is 0 Å². The van der Waals surface area contributed by atoms with Crippen LogP contribution in [0.3, 0.4) is 0 Å². The van der Waals surface area contributed by atoms with Crippen molar-refractivity contribution in [1.29, 1.82) is 0 Å². The van der Waals surface area contributed by atoms with Crippen LogP contribution in [-0.4, -0.2) is 19.3 Å². The van der Waals surface area contributed by atoms with Crippen LogP contribution in [0.25, 0.3) is 0 Å². The van der Waals surface area contributed by atoms with Crippen LogP contribution in [0, 0.1) is 6.92 Å². The summed E-state index contributed by atoms with van der Waals surface area (Å²) in [6.07, 6.45) is 0. The molecule has 2 aromatic rings. The molecule has 0 aliphatic heterocycles. The minimum Gasteiger partial charge on any atom is -0.504 e. The van der Waals surface area contributed by atoms with Crippen molar-refractivity contribution in [3.05, 3.63) is 47.5 Å². The average Bonchev–Trinajstić information content (AvgIpc) is 2.45. The van der Waals surface area contributed by atoms with E-state index in [9.17, 15) is 5.11 Å². The Labute approximate surface area is 119 Å². The van der Waals surface area contributed by atoms with Gasteiger partial charge in [-0.25, -0.2) is 0 Å². The Kier molecular flexibility index (Phi) is 4.35. The minimum absolute atomic E-state index is 0.119. The van der Waals surface area contributed by atoms with Gasteiger partial charge in [-0.3, -0.25) is 0 Å². The first-order chi connectivity index (χ1) is 9.63. The number of phenols is 1. The van der Waals surface area contributed by atoms with E-state index in [1.807, 2.05) is 25.1 Å². The number of nitrogens with one attached hydrogen (secondary N) is 1. The lowest BCUT2D eigenvalue weighted by atomic mass is 10.1. The van der Waals surface area contributed by atoms with E-state index in [1.54, 1.807) is 19.2 Å². The van der Waals surface area contributed by atoms with Crippen molar-refractivity contribution < 1.29 is 14.6 Å². The van der Waals surface area contributed by atoms with Crippen LogP contribution >= 0.6 is 0 Å². The predicted molar refractivity (Wildman–Crippen MR) is 79.7 cm³/mol. The molecular weight excluding hydrogens is 254 g/mol. The lowest BCUT2D eigenvalue weighted by molar-refractivity contribution is 0.373. The molecule has 0 fully saturated rings. The van der Waals surface area contributed by atoms with Crippen LogP contribution in [-0.2, 0) is 6.54 Å². The Bertz CT molecular complexity index is 596. The maximum atomic E-state index is 9.74. The van der Waals surface area contributed by atoms with E-state index in [2.05, 4.69) is 11.4 Å². The molecule has 106 valence electrons. The number of anilines is 1. The van der Waals surface area contributed by atoms with E-state index >= 15 is 0 Å². The summed E-state index contributed by atoms with van der Waals surface area (Å²) in [5.74, 6) is 1.43. The molecule has 20 heavy (non-hydrogen) atoms. The van der Waals surface area contributed by atoms with Crippen LogP contribution in [0.15, 0.2) is 36.4 Å². The molecule has 2 N–H and O–H groups in total. The third-order valence-corrected chi connectivity index (χ3v) is 3.10. The molecule has 0 atom stereocenters. The number of methoxy groups -OCH3 is 2. The lowest BCUT2D eigenvalue weighted by Crippen LogP contribution is -2.02. The van der Waals surface area contributed by atoms with Crippen molar-refractivity contribution >= 4 is 5.69 Å². The molecule has 0 aliphatic rings. The van der Waals surface area contributed by atoms with Crippen LogP contribution in [0.4, 0.5) is 5.69 Å². The number of rotatable bonds is 5. The molecule has 0 unspecified atom stereocenters. The van der Waals surface area contributed by atoms with Crippen molar-refractivity contribution in [2.24, 2.45) is 0 Å². The van der Waals surface area contributed by atoms with Crippen LogP contribution in [0.5, 0.6) is 17.2 Å². The quantitative estimate of drug-likeness (QED) is 0.877. The molecular formula is C16H19NO3. The fraction of sp³-hybridized carbons (Fsp3) is 0.250. The summed E-state index contributed by atoms with van der Waals surface area (Å²) in [5, 5.41) is 13.0. The molecule has 0 heterocycles. The van der Waals surface area contributed by atoms with Gasteiger partial charge in [0, 0.05) is 23.9 Å². The van der Waals surface area contributed by atoms with E-state index in [1.165, 1.54) is 12.7 Å². The summed E-state index contributed by atoms with van der Waals surface area (Å²) < 4.78 is 10.4. The maximum Gasteiger partial charge on any atom is 0.160 e. The zero-order valence-corrected chi connectivity index (χ0v) is 11.9. The molecule has 0 aliphatic carbocycles. The van der Waals surface area contributed by atoms with Gasteiger partial charge in [-0.05, 0) is 25.1 Å². The Hall–Kier alpha value is -2.36. The molecule has 0 saturated carbocycles. The van der Waals surface area contributed by atoms with Gasteiger partial charge in [-0.1, -0.05) is 17.7 Å². The van der Waals surface area contributed by atoms with Crippen molar-refractivity contribution in [1.82, 2.24) is 0 Å². The summed E-state index contributed by atoms with van der Waals surface area (Å²) in [7, 11) is 3.19. The van der Waals surface area contributed by atoms with E-state index in [0.717, 1.165) is 17.0 Å². The zero-order valence-electron chi connectivity index (χ0n) is 11.9. The Morgan fingerprint density at radius 3 is 2.35 bits per heavy atom. The van der Waals surface area contributed by atoms with Crippen LogP contribution in [0.2, 0.25) is 0 Å². The van der Waals surface area contributed by atoms with Gasteiger partial charge < -0.3 is 19.9 Å². The number of benzene rings is 2. The van der Waals surface area contributed by atoms with Gasteiger partial charge in [0.05, 0.1) is 14.2 Å². The van der Waals surface area contributed by atoms with Gasteiger partial charge in [0.1, 0.15) is 5.75 Å². The number of hydrogen-bond acceptors (Lipinski definition) is 4. The largest absolute Gasteiger partial charge is 0.504 e. The first kappa shape index (κ1) is 14.1. The topological polar surface area (TPSA) is 50.7 Å². The van der Waals surface area contributed by atoms with Gasteiger partial charge in [0.15, 0.2) is 11.5 Å². The second-order valence-electron chi connectivity index (χ2n) is 4.56. The number of phenolic OH excluding ortho intramolecular Hbond substituents is 1. The molecule has 0 aromatic heterocycles. The summed E-state index contributed by atoms with van der Waals surface area (Å²) in [5.41, 5.74) is 3.08. The van der Waals surface area contributed by atoms with Crippen LogP contribution in [0.1, 0.15) is 11.1 Å². The maximum absolute atomic E-state index is 9.74. The van der Waals surface area contributed by atoms with Crippen LogP contribution < -0.4 is 14.8 Å². The fourth-order valence-corrected chi connectivity index (χ4v) is 2.04. The summed E-state index contributed by atoms with van der Waals surface area (Å²) in [4.78, 5) is 0. The Morgan fingerprint density at radius 2 is 1.70 bits per heavy atom. The summed E-state index contributed by atoms with van der Waals surface area (Å²) >= 11 is 0. The standard InChI is InChI=1S/C16H19NO3/c1-11-4-6-15(19-2)12(8-11)10-17-13-5-7-16(20-3)14(18)9-13/h4-9,17-18H,10H2,1-3H3. The normalized spacial score (nSPS) is 10.2. The average molecular weight is 273 g/mol. The molecule has 0 radical (unpaired) electrons. The predicted octanol–water partition coefficient (Wildman–Crippen LogP) is 3.33. The Morgan fingerprint density at radius 1 is 1.00 bits per heavy atom. The minimum atomic E-state index is 0.119. The van der Waals surface area contributed by atoms with Gasteiger partial charge in [-0.15, -0.1) is 0 Å². The summed E-state index contributed by atoms with van der Waals surface area (Å²) in [6.45, 7) is 2.67. The fourth-order valence-electron chi connectivity index (χ4n) is 2.04. The highest BCUT2D eigenvalue weighted by Crippen LogP contribution is 2.29. The smallest absolute Gasteiger partial charge is 0.160 e.